The molecule has 0 aliphatic rings. The van der Waals surface area contributed by atoms with Crippen LogP contribution in [0.2, 0.25) is 5.02 Å². The van der Waals surface area contributed by atoms with Crippen molar-refractivity contribution in [3.8, 4) is 11.5 Å². The maximum atomic E-state index is 12.2. The minimum absolute atomic E-state index is 0.101. The second-order valence-electron chi connectivity index (χ2n) is 5.48. The molecule has 29 heavy (non-hydrogen) atoms. The number of rotatable bonds is 9. The third kappa shape index (κ3) is 7.42. The summed E-state index contributed by atoms with van der Waals surface area (Å²) in [6, 6.07) is 10.9. The number of hydrogen-bond donors (Lipinski definition) is 1. The third-order valence-electron chi connectivity index (χ3n) is 3.40. The SMILES string of the molecule is CCOc1ccccc1/C=C/C(=O)OCC(=O)Nc1ccc(OC(F)F)c(Cl)c1. The number of esters is 1. The summed E-state index contributed by atoms with van der Waals surface area (Å²) in [6.07, 6.45) is 2.70. The van der Waals surface area contributed by atoms with Gasteiger partial charge in [-0.25, -0.2) is 4.79 Å². The number of hydrogen-bond acceptors (Lipinski definition) is 5. The second-order valence-corrected chi connectivity index (χ2v) is 5.89. The van der Waals surface area contributed by atoms with Gasteiger partial charge in [-0.2, -0.15) is 8.78 Å². The van der Waals surface area contributed by atoms with Crippen molar-refractivity contribution >= 4 is 35.2 Å². The van der Waals surface area contributed by atoms with Crippen LogP contribution in [0.5, 0.6) is 11.5 Å². The van der Waals surface area contributed by atoms with E-state index in [1.165, 1.54) is 30.4 Å². The van der Waals surface area contributed by atoms with Crippen LogP contribution in [-0.4, -0.2) is 31.7 Å². The Kier molecular flexibility index (Phi) is 8.42. The number of ether oxygens (including phenoxy) is 3. The van der Waals surface area contributed by atoms with E-state index in [-0.39, 0.29) is 16.5 Å². The van der Waals surface area contributed by atoms with Crippen LogP contribution in [-0.2, 0) is 14.3 Å². The predicted molar refractivity (Wildman–Crippen MR) is 104 cm³/mol. The summed E-state index contributed by atoms with van der Waals surface area (Å²) in [4.78, 5) is 23.7. The van der Waals surface area contributed by atoms with Gasteiger partial charge in [0.25, 0.3) is 5.91 Å². The van der Waals surface area contributed by atoms with Gasteiger partial charge in [0.1, 0.15) is 11.5 Å². The molecule has 0 aliphatic carbocycles. The lowest BCUT2D eigenvalue weighted by Crippen LogP contribution is -2.20. The summed E-state index contributed by atoms with van der Waals surface area (Å²) in [5.74, 6) is -0.943. The van der Waals surface area contributed by atoms with Gasteiger partial charge in [-0.1, -0.05) is 29.8 Å². The number of alkyl halides is 2. The minimum Gasteiger partial charge on any atom is -0.493 e. The molecule has 0 atom stereocenters. The largest absolute Gasteiger partial charge is 0.493 e. The summed E-state index contributed by atoms with van der Waals surface area (Å²) >= 11 is 5.80. The Hall–Kier alpha value is -3.13. The third-order valence-corrected chi connectivity index (χ3v) is 3.69. The maximum Gasteiger partial charge on any atom is 0.387 e. The molecule has 154 valence electrons. The number of nitrogens with one attached hydrogen (secondary N) is 1. The van der Waals surface area contributed by atoms with Crippen molar-refractivity contribution in [2.45, 2.75) is 13.5 Å². The van der Waals surface area contributed by atoms with E-state index in [1.807, 2.05) is 13.0 Å². The first-order chi connectivity index (χ1) is 13.9. The molecule has 0 spiro atoms. The summed E-state index contributed by atoms with van der Waals surface area (Å²) < 4.78 is 38.9. The lowest BCUT2D eigenvalue weighted by Gasteiger charge is -2.09. The fourth-order valence-electron chi connectivity index (χ4n) is 2.22. The van der Waals surface area contributed by atoms with Crippen LogP contribution in [0.1, 0.15) is 12.5 Å². The van der Waals surface area contributed by atoms with Crippen molar-refractivity contribution in [1.29, 1.82) is 0 Å². The molecule has 0 aromatic heterocycles. The first kappa shape index (κ1) is 22.2. The summed E-state index contributed by atoms with van der Waals surface area (Å²) in [5, 5.41) is 2.33. The van der Waals surface area contributed by atoms with Crippen molar-refractivity contribution in [3.05, 3.63) is 59.1 Å². The lowest BCUT2D eigenvalue weighted by atomic mass is 10.2. The molecule has 0 heterocycles. The zero-order valence-electron chi connectivity index (χ0n) is 15.4. The van der Waals surface area contributed by atoms with E-state index in [0.29, 0.717) is 17.9 Å². The second kappa shape index (κ2) is 11.0. The highest BCUT2D eigenvalue weighted by Gasteiger charge is 2.11. The molecule has 1 N–H and O–H groups in total. The Labute approximate surface area is 171 Å². The zero-order chi connectivity index (χ0) is 21.2. The van der Waals surface area contributed by atoms with Crippen molar-refractivity contribution in [2.75, 3.05) is 18.5 Å². The molecule has 0 bridgehead atoms. The van der Waals surface area contributed by atoms with Gasteiger partial charge in [0.05, 0.1) is 11.6 Å². The van der Waals surface area contributed by atoms with Crippen molar-refractivity contribution < 1.29 is 32.6 Å². The van der Waals surface area contributed by atoms with Gasteiger partial charge in [0.2, 0.25) is 0 Å². The Morgan fingerprint density at radius 1 is 1.17 bits per heavy atom. The normalized spacial score (nSPS) is 10.8. The quantitative estimate of drug-likeness (QED) is 0.472. The van der Waals surface area contributed by atoms with E-state index < -0.39 is 25.1 Å². The minimum atomic E-state index is -3.01. The van der Waals surface area contributed by atoms with Crippen LogP contribution in [0.25, 0.3) is 6.08 Å². The zero-order valence-corrected chi connectivity index (χ0v) is 16.1. The molecule has 0 saturated heterocycles. The standard InChI is InChI=1S/C20H18ClF2NO5/c1-2-27-16-6-4-3-5-13(16)7-10-19(26)28-12-18(25)24-14-8-9-17(15(21)11-14)29-20(22)23/h3-11,20H,2,12H2,1H3,(H,24,25)/b10-7+. The Balaban J connectivity index is 1.86. The van der Waals surface area contributed by atoms with Gasteiger partial charge < -0.3 is 19.5 Å². The van der Waals surface area contributed by atoms with Crippen molar-refractivity contribution in [1.82, 2.24) is 0 Å². The Morgan fingerprint density at radius 3 is 2.62 bits per heavy atom. The molecule has 0 radical (unpaired) electrons. The van der Waals surface area contributed by atoms with E-state index in [1.54, 1.807) is 18.2 Å². The summed E-state index contributed by atoms with van der Waals surface area (Å²) in [5.41, 5.74) is 0.926. The van der Waals surface area contributed by atoms with Gasteiger partial charge in [-0.3, -0.25) is 4.79 Å². The van der Waals surface area contributed by atoms with Gasteiger partial charge >= 0.3 is 12.6 Å². The predicted octanol–water partition coefficient (Wildman–Crippen LogP) is 4.54. The summed E-state index contributed by atoms with van der Waals surface area (Å²) in [6.45, 7) is -1.22. The van der Waals surface area contributed by atoms with E-state index >= 15 is 0 Å². The van der Waals surface area contributed by atoms with Crippen LogP contribution < -0.4 is 14.8 Å². The highest BCUT2D eigenvalue weighted by molar-refractivity contribution is 6.32. The summed E-state index contributed by atoms with van der Waals surface area (Å²) in [7, 11) is 0. The molecule has 9 heteroatoms. The number of anilines is 1. The number of amides is 1. The van der Waals surface area contributed by atoms with Crippen molar-refractivity contribution in [3.63, 3.8) is 0 Å². The molecule has 2 aromatic rings. The Morgan fingerprint density at radius 2 is 1.93 bits per heavy atom. The van der Waals surface area contributed by atoms with Crippen LogP contribution in [0.3, 0.4) is 0 Å². The molecule has 2 aromatic carbocycles. The number of carbonyl (C=O) groups is 2. The molecule has 2 rings (SSSR count). The van der Waals surface area contributed by atoms with E-state index in [2.05, 4.69) is 10.1 Å². The highest BCUT2D eigenvalue weighted by atomic mass is 35.5. The fourth-order valence-corrected chi connectivity index (χ4v) is 2.44. The first-order valence-electron chi connectivity index (χ1n) is 8.50. The van der Waals surface area contributed by atoms with E-state index in [4.69, 9.17) is 21.1 Å². The number of carbonyl (C=O) groups excluding carboxylic acids is 2. The van der Waals surface area contributed by atoms with Crippen LogP contribution >= 0.6 is 11.6 Å². The van der Waals surface area contributed by atoms with E-state index in [9.17, 15) is 18.4 Å². The monoisotopic (exact) mass is 425 g/mol. The highest BCUT2D eigenvalue weighted by Crippen LogP contribution is 2.28. The van der Waals surface area contributed by atoms with Gasteiger partial charge in [0.15, 0.2) is 6.61 Å². The molecule has 0 saturated carbocycles. The van der Waals surface area contributed by atoms with Gasteiger partial charge in [-0.15, -0.1) is 0 Å². The topological polar surface area (TPSA) is 73.9 Å². The fraction of sp³-hybridized carbons (Fsp3) is 0.200. The smallest absolute Gasteiger partial charge is 0.387 e. The van der Waals surface area contributed by atoms with Crippen LogP contribution in [0.15, 0.2) is 48.5 Å². The maximum absolute atomic E-state index is 12.2. The van der Waals surface area contributed by atoms with Crippen LogP contribution in [0, 0.1) is 0 Å². The number of para-hydroxylation sites is 1. The average molecular weight is 426 g/mol. The number of benzene rings is 2. The number of halogens is 3. The molecule has 6 nitrogen and oxygen atoms in total. The first-order valence-corrected chi connectivity index (χ1v) is 8.87. The lowest BCUT2D eigenvalue weighted by molar-refractivity contribution is -0.142. The molecular formula is C20H18ClF2NO5. The van der Waals surface area contributed by atoms with Crippen LogP contribution in [0.4, 0.5) is 14.5 Å². The molecule has 0 aliphatic heterocycles. The molecule has 0 unspecified atom stereocenters. The van der Waals surface area contributed by atoms with Gasteiger partial charge in [-0.05, 0) is 37.3 Å². The van der Waals surface area contributed by atoms with Gasteiger partial charge in [0, 0.05) is 17.3 Å². The Bertz CT molecular complexity index is 889. The van der Waals surface area contributed by atoms with Crippen molar-refractivity contribution in [2.24, 2.45) is 0 Å². The molecule has 1 amide bonds. The molecule has 0 fully saturated rings. The van der Waals surface area contributed by atoms with E-state index in [0.717, 1.165) is 0 Å². The molecular weight excluding hydrogens is 408 g/mol. The average Bonchev–Trinajstić information content (AvgIpc) is 2.68.